The van der Waals surface area contributed by atoms with Gasteiger partial charge in [-0.2, -0.15) is 0 Å². The van der Waals surface area contributed by atoms with Gasteiger partial charge in [0.15, 0.2) is 6.61 Å². The molecule has 0 aliphatic heterocycles. The van der Waals surface area contributed by atoms with Crippen LogP contribution in [0.3, 0.4) is 0 Å². The highest BCUT2D eigenvalue weighted by Crippen LogP contribution is 2.10. The van der Waals surface area contributed by atoms with Crippen molar-refractivity contribution in [2.75, 3.05) is 6.61 Å². The molecule has 0 bridgehead atoms. The normalized spacial score (nSPS) is 12.0. The van der Waals surface area contributed by atoms with E-state index in [4.69, 9.17) is 4.74 Å². The van der Waals surface area contributed by atoms with Gasteiger partial charge in [0.1, 0.15) is 0 Å². The average molecular weight is 343 g/mol. The molecule has 2 rings (SSSR count). The molecule has 0 unspecified atom stereocenters. The van der Waals surface area contributed by atoms with E-state index in [2.05, 4.69) is 17.4 Å². The van der Waals surface area contributed by atoms with Crippen molar-refractivity contribution in [3.05, 3.63) is 64.4 Å². The third-order valence-electron chi connectivity index (χ3n) is 3.39. The summed E-state index contributed by atoms with van der Waals surface area (Å²) in [5, 5.41) is 4.76. The Labute approximate surface area is 146 Å². The highest BCUT2D eigenvalue weighted by molar-refractivity contribution is 7.10. The molecule has 5 heteroatoms. The molecule has 2 aromatic rings. The highest BCUT2D eigenvalue weighted by atomic mass is 32.1. The number of ether oxygens (including phenoxy) is 1. The number of nitrogens with one attached hydrogen (secondary N) is 1. The van der Waals surface area contributed by atoms with Gasteiger partial charge in [0.2, 0.25) is 0 Å². The number of rotatable bonds is 8. The monoisotopic (exact) mass is 343 g/mol. The van der Waals surface area contributed by atoms with Crippen molar-refractivity contribution >= 4 is 29.3 Å². The number of esters is 1. The third kappa shape index (κ3) is 6.79. The second-order valence-corrected chi connectivity index (χ2v) is 6.43. The number of aryl methyl sites for hydroxylation is 1. The van der Waals surface area contributed by atoms with Crippen LogP contribution in [-0.2, 0) is 20.7 Å². The molecular formula is C19H21NO3S. The lowest BCUT2D eigenvalue weighted by atomic mass is 10.1. The number of carbonyl (C=O) groups is 2. The van der Waals surface area contributed by atoms with E-state index in [1.54, 1.807) is 6.08 Å². The summed E-state index contributed by atoms with van der Waals surface area (Å²) in [4.78, 5) is 24.3. The Morgan fingerprint density at radius 3 is 2.71 bits per heavy atom. The maximum absolute atomic E-state index is 11.8. The summed E-state index contributed by atoms with van der Waals surface area (Å²) in [5.41, 5.74) is 1.24. The van der Waals surface area contributed by atoms with Gasteiger partial charge in [0, 0.05) is 17.0 Å². The van der Waals surface area contributed by atoms with Gasteiger partial charge >= 0.3 is 5.97 Å². The van der Waals surface area contributed by atoms with Crippen molar-refractivity contribution in [2.24, 2.45) is 0 Å². The molecule has 0 aliphatic carbocycles. The van der Waals surface area contributed by atoms with Gasteiger partial charge in [0.05, 0.1) is 0 Å². The molecule has 0 saturated carbocycles. The van der Waals surface area contributed by atoms with Crippen molar-refractivity contribution in [3.63, 3.8) is 0 Å². The van der Waals surface area contributed by atoms with Crippen molar-refractivity contribution < 1.29 is 14.3 Å². The molecule has 24 heavy (non-hydrogen) atoms. The van der Waals surface area contributed by atoms with Crippen LogP contribution in [0.15, 0.2) is 53.9 Å². The van der Waals surface area contributed by atoms with E-state index in [-0.39, 0.29) is 18.6 Å². The van der Waals surface area contributed by atoms with Crippen LogP contribution in [0, 0.1) is 0 Å². The van der Waals surface area contributed by atoms with Crippen LogP contribution in [0.25, 0.3) is 6.08 Å². The van der Waals surface area contributed by atoms with Gasteiger partial charge < -0.3 is 10.1 Å². The van der Waals surface area contributed by atoms with Gasteiger partial charge in [-0.05, 0) is 42.9 Å². The number of benzene rings is 1. The van der Waals surface area contributed by atoms with E-state index >= 15 is 0 Å². The lowest BCUT2D eigenvalue weighted by Gasteiger charge is -2.13. The Bertz CT molecular complexity index is 665. The molecule has 0 aliphatic rings. The summed E-state index contributed by atoms with van der Waals surface area (Å²) in [6.45, 7) is 1.68. The van der Waals surface area contributed by atoms with Gasteiger partial charge in [-0.25, -0.2) is 4.79 Å². The molecule has 1 amide bonds. The van der Waals surface area contributed by atoms with E-state index in [0.29, 0.717) is 0 Å². The van der Waals surface area contributed by atoms with E-state index < -0.39 is 5.97 Å². The van der Waals surface area contributed by atoms with E-state index in [1.165, 1.54) is 23.0 Å². The molecule has 126 valence electrons. The van der Waals surface area contributed by atoms with Crippen molar-refractivity contribution in [1.29, 1.82) is 0 Å². The van der Waals surface area contributed by atoms with Crippen LogP contribution in [0.5, 0.6) is 0 Å². The number of carbonyl (C=O) groups excluding carboxylic acids is 2. The summed E-state index contributed by atoms with van der Waals surface area (Å²) in [6, 6.07) is 13.9. The number of hydrogen-bond donors (Lipinski definition) is 1. The highest BCUT2D eigenvalue weighted by Gasteiger charge is 2.09. The summed E-state index contributed by atoms with van der Waals surface area (Å²) < 4.78 is 4.93. The van der Waals surface area contributed by atoms with Gasteiger partial charge in [-0.15, -0.1) is 11.3 Å². The molecule has 0 fully saturated rings. The molecule has 0 saturated heterocycles. The molecule has 4 nitrogen and oxygen atoms in total. The minimum Gasteiger partial charge on any atom is -0.452 e. The standard InChI is InChI=1S/C19H21NO3S/c1-15(9-10-16-6-3-2-4-7-16)20-18(21)14-23-19(22)12-11-17-8-5-13-24-17/h2-8,11-13,15H,9-10,14H2,1H3,(H,20,21)/b12-11+/t15-/m0/s1. The quantitative estimate of drug-likeness (QED) is 0.590. The largest absolute Gasteiger partial charge is 0.452 e. The molecule has 1 aromatic carbocycles. The van der Waals surface area contributed by atoms with Crippen LogP contribution < -0.4 is 5.32 Å². The maximum atomic E-state index is 11.8. The Hall–Kier alpha value is -2.40. The average Bonchev–Trinajstić information content (AvgIpc) is 3.11. The molecule has 0 spiro atoms. The first-order valence-electron chi connectivity index (χ1n) is 7.85. The fourth-order valence-corrected chi connectivity index (χ4v) is 2.76. The third-order valence-corrected chi connectivity index (χ3v) is 4.23. The second-order valence-electron chi connectivity index (χ2n) is 5.45. The van der Waals surface area contributed by atoms with Crippen LogP contribution in [0.1, 0.15) is 23.8 Å². The fraction of sp³-hybridized carbons (Fsp3) is 0.263. The Morgan fingerprint density at radius 1 is 1.21 bits per heavy atom. The molecule has 1 heterocycles. The number of thiophene rings is 1. The van der Waals surface area contributed by atoms with E-state index in [0.717, 1.165) is 17.7 Å². The summed E-state index contributed by atoms with van der Waals surface area (Å²) >= 11 is 1.53. The summed E-state index contributed by atoms with van der Waals surface area (Å²) in [6.07, 6.45) is 4.74. The van der Waals surface area contributed by atoms with Crippen LogP contribution in [0.4, 0.5) is 0 Å². The Balaban J connectivity index is 1.64. The predicted octanol–water partition coefficient (Wildman–Crippen LogP) is 3.44. The van der Waals surface area contributed by atoms with Crippen LogP contribution in [0.2, 0.25) is 0 Å². The number of hydrogen-bond acceptors (Lipinski definition) is 4. The Kier molecular flexibility index (Phi) is 7.23. The second kappa shape index (κ2) is 9.67. The van der Waals surface area contributed by atoms with Gasteiger partial charge in [-0.1, -0.05) is 36.4 Å². The topological polar surface area (TPSA) is 55.4 Å². The predicted molar refractivity (Wildman–Crippen MR) is 96.7 cm³/mol. The van der Waals surface area contributed by atoms with Crippen LogP contribution in [-0.4, -0.2) is 24.5 Å². The lowest BCUT2D eigenvalue weighted by molar-refractivity contribution is -0.144. The fourth-order valence-electron chi connectivity index (χ4n) is 2.14. The lowest BCUT2D eigenvalue weighted by Crippen LogP contribution is -2.36. The van der Waals surface area contributed by atoms with E-state index in [1.807, 2.05) is 42.6 Å². The minimum atomic E-state index is -0.518. The van der Waals surface area contributed by atoms with Crippen molar-refractivity contribution in [1.82, 2.24) is 5.32 Å². The smallest absolute Gasteiger partial charge is 0.331 e. The van der Waals surface area contributed by atoms with Crippen molar-refractivity contribution in [3.8, 4) is 0 Å². The summed E-state index contributed by atoms with van der Waals surface area (Å²) in [7, 11) is 0. The van der Waals surface area contributed by atoms with Gasteiger partial charge in [0.25, 0.3) is 5.91 Å². The zero-order chi connectivity index (χ0) is 17.2. The molecule has 1 atom stereocenters. The molecule has 1 aromatic heterocycles. The minimum absolute atomic E-state index is 0.0260. The first-order valence-corrected chi connectivity index (χ1v) is 8.73. The van der Waals surface area contributed by atoms with Crippen molar-refractivity contribution in [2.45, 2.75) is 25.8 Å². The molecular weight excluding hydrogens is 322 g/mol. The summed E-state index contributed by atoms with van der Waals surface area (Å²) in [5.74, 6) is -0.802. The van der Waals surface area contributed by atoms with Crippen LogP contribution >= 0.6 is 11.3 Å². The van der Waals surface area contributed by atoms with Gasteiger partial charge in [-0.3, -0.25) is 4.79 Å². The number of amides is 1. The zero-order valence-electron chi connectivity index (χ0n) is 13.6. The Morgan fingerprint density at radius 2 is 2.00 bits per heavy atom. The molecule has 0 radical (unpaired) electrons. The van der Waals surface area contributed by atoms with E-state index in [9.17, 15) is 9.59 Å². The first-order chi connectivity index (χ1) is 11.6. The zero-order valence-corrected chi connectivity index (χ0v) is 14.4. The maximum Gasteiger partial charge on any atom is 0.331 e. The first kappa shape index (κ1) is 17.9. The molecule has 1 N–H and O–H groups in total. The SMILES string of the molecule is C[C@@H](CCc1ccccc1)NC(=O)COC(=O)/C=C/c1cccs1.